The second kappa shape index (κ2) is 61.3. The van der Waals surface area contributed by atoms with E-state index in [-0.39, 0.29) is 25.7 Å². The fourth-order valence-corrected chi connectivity index (χ4v) is 12.0. The molecule has 0 aromatic rings. The number of carbonyl (C=O) groups excluding carboxylic acids is 4. The third-order valence-electron chi connectivity index (χ3n) is 16.0. The predicted octanol–water partition coefficient (Wildman–Crippen LogP) is 19.6. The van der Waals surface area contributed by atoms with Gasteiger partial charge in [0.2, 0.25) is 0 Å². The van der Waals surface area contributed by atoms with E-state index in [1.165, 1.54) is 154 Å². The monoisotopic (exact) mass is 1300 g/mol. The number of hydrogen-bond acceptors (Lipinski definition) is 15. The maximum atomic E-state index is 13.0. The number of aliphatic hydroxyl groups excluding tert-OH is 1. The summed E-state index contributed by atoms with van der Waals surface area (Å²) in [6.45, 7) is 9.41. The lowest BCUT2D eigenvalue weighted by Gasteiger charge is -2.21. The highest BCUT2D eigenvalue weighted by atomic mass is 31.2. The first-order valence-corrected chi connectivity index (χ1v) is 39.0. The van der Waals surface area contributed by atoms with Crippen LogP contribution in [0.2, 0.25) is 0 Å². The SMILES string of the molecule is CCCCCCCCCCCCCCCCCCCCCC(=O)O[C@H](COC(=O)CCCCCCCCCCCC(C)C)COP(=O)(O)OC[C@@H](O)COP(=O)(O)OC[C@@H](COC(=O)CCCCCCCCC)OC(=O)CCCCCCCCCC(C)C. The Kier molecular flexibility index (Phi) is 59.9. The fraction of sp³-hybridized carbons (Fsp3) is 0.942. The first-order valence-electron chi connectivity index (χ1n) is 36.0. The molecule has 0 saturated carbocycles. The number of aliphatic hydroxyl groups is 1. The highest BCUT2D eigenvalue weighted by molar-refractivity contribution is 7.47. The van der Waals surface area contributed by atoms with Crippen molar-refractivity contribution < 1.29 is 80.2 Å². The van der Waals surface area contributed by atoms with Crippen LogP contribution >= 0.6 is 15.6 Å². The van der Waals surface area contributed by atoms with E-state index in [9.17, 15) is 43.2 Å². The average molecular weight is 1300 g/mol. The van der Waals surface area contributed by atoms with Gasteiger partial charge in [0, 0.05) is 25.7 Å². The van der Waals surface area contributed by atoms with Crippen LogP contribution in [-0.2, 0) is 65.4 Å². The van der Waals surface area contributed by atoms with Gasteiger partial charge in [0.15, 0.2) is 12.2 Å². The zero-order chi connectivity index (χ0) is 65.0. The summed E-state index contributed by atoms with van der Waals surface area (Å²) in [4.78, 5) is 72.3. The van der Waals surface area contributed by atoms with Gasteiger partial charge >= 0.3 is 39.5 Å². The normalized spacial score (nSPS) is 14.2. The number of ether oxygens (including phenoxy) is 4. The smallest absolute Gasteiger partial charge is 0.462 e. The van der Waals surface area contributed by atoms with Gasteiger partial charge in [-0.05, 0) is 37.5 Å². The summed E-state index contributed by atoms with van der Waals surface area (Å²) in [7, 11) is -9.89. The highest BCUT2D eigenvalue weighted by Crippen LogP contribution is 2.45. The molecule has 0 bridgehead atoms. The summed E-state index contributed by atoms with van der Waals surface area (Å²) in [6, 6.07) is 0. The van der Waals surface area contributed by atoms with E-state index in [0.717, 1.165) is 109 Å². The van der Waals surface area contributed by atoms with E-state index in [1.54, 1.807) is 0 Å². The van der Waals surface area contributed by atoms with Gasteiger partial charge in [0.05, 0.1) is 26.4 Å². The number of phosphoric acid groups is 2. The Morgan fingerprint density at radius 1 is 0.307 bits per heavy atom. The summed E-state index contributed by atoms with van der Waals surface area (Å²) in [5.74, 6) is -0.694. The van der Waals surface area contributed by atoms with Crippen molar-refractivity contribution in [1.82, 2.24) is 0 Å². The van der Waals surface area contributed by atoms with Gasteiger partial charge in [-0.2, -0.15) is 0 Å². The Morgan fingerprint density at radius 3 is 0.773 bits per heavy atom. The van der Waals surface area contributed by atoms with E-state index in [1.807, 2.05) is 0 Å². The molecule has 0 aliphatic carbocycles. The molecule has 0 aromatic carbocycles. The predicted molar refractivity (Wildman–Crippen MR) is 354 cm³/mol. The maximum absolute atomic E-state index is 13.0. The van der Waals surface area contributed by atoms with Crippen molar-refractivity contribution in [3.05, 3.63) is 0 Å². The minimum atomic E-state index is -4.95. The molecule has 0 aliphatic heterocycles. The lowest BCUT2D eigenvalue weighted by molar-refractivity contribution is -0.161. The number of unbranched alkanes of at least 4 members (excludes halogenated alkanes) is 38. The number of rotatable bonds is 68. The van der Waals surface area contributed by atoms with Crippen LogP contribution < -0.4 is 0 Å². The van der Waals surface area contributed by atoms with Gasteiger partial charge in [0.1, 0.15) is 19.3 Å². The second-order valence-corrected chi connectivity index (χ2v) is 28.8. The van der Waals surface area contributed by atoms with Crippen LogP contribution in [-0.4, -0.2) is 96.7 Å². The summed E-state index contributed by atoms with van der Waals surface area (Å²) < 4.78 is 68.1. The molecule has 522 valence electrons. The zero-order valence-corrected chi connectivity index (χ0v) is 58.8. The Hall–Kier alpha value is -1.94. The summed E-state index contributed by atoms with van der Waals surface area (Å²) >= 11 is 0. The highest BCUT2D eigenvalue weighted by Gasteiger charge is 2.30. The van der Waals surface area contributed by atoms with Crippen molar-refractivity contribution in [3.8, 4) is 0 Å². The van der Waals surface area contributed by atoms with Gasteiger partial charge < -0.3 is 33.8 Å². The molecule has 0 aliphatic rings. The first-order chi connectivity index (χ1) is 42.4. The zero-order valence-electron chi connectivity index (χ0n) is 57.0. The van der Waals surface area contributed by atoms with Crippen LogP contribution in [0.5, 0.6) is 0 Å². The topological polar surface area (TPSA) is 237 Å². The average Bonchev–Trinajstić information content (AvgIpc) is 3.53. The Morgan fingerprint density at radius 2 is 0.523 bits per heavy atom. The van der Waals surface area contributed by atoms with Crippen molar-refractivity contribution >= 4 is 39.5 Å². The first kappa shape index (κ1) is 86.1. The molecule has 0 spiro atoms. The third-order valence-corrected chi connectivity index (χ3v) is 17.9. The number of esters is 4. The van der Waals surface area contributed by atoms with Crippen molar-refractivity contribution in [3.63, 3.8) is 0 Å². The van der Waals surface area contributed by atoms with Gasteiger partial charge in [-0.15, -0.1) is 0 Å². The number of carbonyl (C=O) groups is 4. The van der Waals surface area contributed by atoms with Crippen molar-refractivity contribution in [2.75, 3.05) is 39.6 Å². The van der Waals surface area contributed by atoms with Crippen LogP contribution in [0.1, 0.15) is 350 Å². The summed E-state index contributed by atoms with van der Waals surface area (Å²) in [6.07, 6.45) is 46.2. The molecule has 2 unspecified atom stereocenters. The summed E-state index contributed by atoms with van der Waals surface area (Å²) in [5.41, 5.74) is 0. The molecule has 0 heterocycles. The van der Waals surface area contributed by atoms with Crippen LogP contribution in [0.4, 0.5) is 0 Å². The van der Waals surface area contributed by atoms with E-state index in [0.29, 0.717) is 31.6 Å². The molecule has 0 saturated heterocycles. The molecule has 5 atom stereocenters. The van der Waals surface area contributed by atoms with Crippen molar-refractivity contribution in [2.45, 2.75) is 368 Å². The van der Waals surface area contributed by atoms with Crippen LogP contribution in [0.25, 0.3) is 0 Å². The Balaban J connectivity index is 5.17. The van der Waals surface area contributed by atoms with Gasteiger partial charge in [0.25, 0.3) is 0 Å². The molecule has 19 heteroatoms. The van der Waals surface area contributed by atoms with Crippen molar-refractivity contribution in [1.29, 1.82) is 0 Å². The minimum Gasteiger partial charge on any atom is -0.462 e. The van der Waals surface area contributed by atoms with E-state index >= 15 is 0 Å². The molecule has 17 nitrogen and oxygen atoms in total. The lowest BCUT2D eigenvalue weighted by atomic mass is 10.0. The van der Waals surface area contributed by atoms with Gasteiger partial charge in [-0.25, -0.2) is 9.13 Å². The Bertz CT molecular complexity index is 1720. The number of hydrogen-bond donors (Lipinski definition) is 3. The largest absolute Gasteiger partial charge is 0.472 e. The van der Waals surface area contributed by atoms with Crippen LogP contribution in [0.3, 0.4) is 0 Å². The molecule has 0 radical (unpaired) electrons. The maximum Gasteiger partial charge on any atom is 0.472 e. The molecule has 0 fully saturated rings. The quantitative estimate of drug-likeness (QED) is 0.0222. The van der Waals surface area contributed by atoms with Crippen LogP contribution in [0, 0.1) is 11.8 Å². The Labute approximate surface area is 537 Å². The third kappa shape index (κ3) is 62.8. The molecule has 0 amide bonds. The minimum absolute atomic E-state index is 0.103. The lowest BCUT2D eigenvalue weighted by Crippen LogP contribution is -2.30. The molecule has 3 N–H and O–H groups in total. The van der Waals surface area contributed by atoms with Gasteiger partial charge in [-0.1, -0.05) is 298 Å². The van der Waals surface area contributed by atoms with Crippen molar-refractivity contribution in [2.24, 2.45) is 11.8 Å². The molecular weight excluding hydrogens is 1160 g/mol. The van der Waals surface area contributed by atoms with E-state index in [2.05, 4.69) is 41.5 Å². The molecule has 88 heavy (non-hydrogen) atoms. The standard InChI is InChI=1S/C69H134O17P2/c1-7-9-11-13-15-16-17-18-19-20-21-22-23-24-25-28-35-41-47-53-68(73)85-65(58-80-67(72)52-46-40-34-29-26-27-32-37-43-49-61(3)4)60-84-88(77,78)82-56-63(70)55-81-87(75,76)83-59-64(57-79-66(71)51-45-39-31-14-12-10-8-2)86-69(74)54-48-42-36-30-33-38-44-50-62(5)6/h61-65,70H,7-60H2,1-6H3,(H,75,76)(H,77,78)/t63-,64+,65+/m0/s1. The molecular formula is C69H134O17P2. The van der Waals surface area contributed by atoms with Crippen LogP contribution in [0.15, 0.2) is 0 Å². The molecule has 0 aromatic heterocycles. The van der Waals surface area contributed by atoms with E-state index in [4.69, 9.17) is 37.0 Å². The van der Waals surface area contributed by atoms with E-state index < -0.39 is 97.5 Å². The number of phosphoric ester groups is 2. The second-order valence-electron chi connectivity index (χ2n) is 25.9. The molecule has 0 rings (SSSR count). The van der Waals surface area contributed by atoms with Gasteiger partial charge in [-0.3, -0.25) is 37.3 Å². The fourth-order valence-electron chi connectivity index (χ4n) is 10.4. The summed E-state index contributed by atoms with van der Waals surface area (Å²) in [5, 5.41) is 10.6.